The molecule has 0 bridgehead atoms. The number of carbonyl (C=O) groups excluding carboxylic acids is 2. The second kappa shape index (κ2) is 11.0. The SMILES string of the molecule is CC[C@@H](C(=O)NC(C)(C)C)N(Cc1ccc(C)cc1)C(=O)CN(c1ccccc1C)S(C)(=O)=O. The molecule has 2 aromatic carbocycles. The molecule has 2 rings (SSSR count). The van der Waals surface area contributed by atoms with Crippen LogP contribution in [0.25, 0.3) is 0 Å². The van der Waals surface area contributed by atoms with Crippen molar-refractivity contribution in [3.05, 3.63) is 65.2 Å². The zero-order chi connectivity index (χ0) is 25.7. The van der Waals surface area contributed by atoms with E-state index in [-0.39, 0.29) is 12.5 Å². The number of nitrogens with one attached hydrogen (secondary N) is 1. The van der Waals surface area contributed by atoms with Crippen LogP contribution in [0.3, 0.4) is 0 Å². The molecule has 0 aliphatic heterocycles. The molecule has 0 aliphatic rings. The van der Waals surface area contributed by atoms with Gasteiger partial charge in [-0.1, -0.05) is 55.0 Å². The number of aryl methyl sites for hydroxylation is 2. The Morgan fingerprint density at radius 1 is 1.00 bits per heavy atom. The van der Waals surface area contributed by atoms with Gasteiger partial charge in [-0.15, -0.1) is 0 Å². The van der Waals surface area contributed by atoms with Gasteiger partial charge in [0.2, 0.25) is 21.8 Å². The van der Waals surface area contributed by atoms with Crippen LogP contribution in [0.15, 0.2) is 48.5 Å². The molecule has 2 aromatic rings. The summed E-state index contributed by atoms with van der Waals surface area (Å²) < 4.78 is 26.5. The van der Waals surface area contributed by atoms with E-state index in [4.69, 9.17) is 0 Å². The molecular formula is C26H37N3O4S. The fourth-order valence-electron chi connectivity index (χ4n) is 3.70. The number of nitrogens with zero attached hydrogens (tertiary/aromatic N) is 2. The number of anilines is 1. The largest absolute Gasteiger partial charge is 0.350 e. The van der Waals surface area contributed by atoms with Gasteiger partial charge in [0, 0.05) is 12.1 Å². The first-order chi connectivity index (χ1) is 15.7. The number of hydrogen-bond donors (Lipinski definition) is 1. The van der Waals surface area contributed by atoms with Crippen LogP contribution in [-0.4, -0.2) is 49.5 Å². The first-order valence-electron chi connectivity index (χ1n) is 11.4. The molecule has 7 nitrogen and oxygen atoms in total. The van der Waals surface area contributed by atoms with E-state index in [1.54, 1.807) is 25.1 Å². The van der Waals surface area contributed by atoms with E-state index in [1.807, 2.05) is 65.0 Å². The highest BCUT2D eigenvalue weighted by molar-refractivity contribution is 7.92. The van der Waals surface area contributed by atoms with Gasteiger partial charge in [0.1, 0.15) is 12.6 Å². The molecule has 0 aromatic heterocycles. The van der Waals surface area contributed by atoms with Crippen LogP contribution in [0.1, 0.15) is 50.8 Å². The van der Waals surface area contributed by atoms with Crippen molar-refractivity contribution in [2.24, 2.45) is 0 Å². The second-order valence-corrected chi connectivity index (χ2v) is 11.6. The molecule has 0 aliphatic carbocycles. The van der Waals surface area contributed by atoms with E-state index in [1.165, 1.54) is 4.90 Å². The van der Waals surface area contributed by atoms with E-state index in [0.717, 1.165) is 27.3 Å². The van der Waals surface area contributed by atoms with Crippen LogP contribution in [0.4, 0.5) is 5.69 Å². The molecule has 1 atom stereocenters. The topological polar surface area (TPSA) is 86.8 Å². The van der Waals surface area contributed by atoms with Gasteiger partial charge in [-0.05, 0) is 58.2 Å². The van der Waals surface area contributed by atoms with Gasteiger partial charge in [-0.25, -0.2) is 8.42 Å². The Morgan fingerprint density at radius 3 is 2.09 bits per heavy atom. The van der Waals surface area contributed by atoms with Gasteiger partial charge in [-0.2, -0.15) is 0 Å². The molecule has 186 valence electrons. The number of sulfonamides is 1. The predicted molar refractivity (Wildman–Crippen MR) is 137 cm³/mol. The van der Waals surface area contributed by atoms with Crippen molar-refractivity contribution in [2.75, 3.05) is 17.1 Å². The Labute approximate surface area is 204 Å². The zero-order valence-electron chi connectivity index (χ0n) is 21.3. The lowest BCUT2D eigenvalue weighted by Gasteiger charge is -2.34. The van der Waals surface area contributed by atoms with Crippen molar-refractivity contribution in [3.8, 4) is 0 Å². The average molecular weight is 488 g/mol. The number of amides is 2. The van der Waals surface area contributed by atoms with Crippen LogP contribution in [0.5, 0.6) is 0 Å². The number of para-hydroxylation sites is 1. The van der Waals surface area contributed by atoms with Crippen LogP contribution < -0.4 is 9.62 Å². The molecule has 0 saturated heterocycles. The lowest BCUT2D eigenvalue weighted by molar-refractivity contribution is -0.141. The highest BCUT2D eigenvalue weighted by atomic mass is 32.2. The van der Waals surface area contributed by atoms with Gasteiger partial charge in [-0.3, -0.25) is 13.9 Å². The van der Waals surface area contributed by atoms with Crippen molar-refractivity contribution in [2.45, 2.75) is 66.1 Å². The van der Waals surface area contributed by atoms with Gasteiger partial charge in [0.05, 0.1) is 11.9 Å². The van der Waals surface area contributed by atoms with Crippen molar-refractivity contribution >= 4 is 27.5 Å². The minimum Gasteiger partial charge on any atom is -0.350 e. The first kappa shape index (κ1) is 27.4. The summed E-state index contributed by atoms with van der Waals surface area (Å²) in [5.74, 6) is -0.706. The van der Waals surface area contributed by atoms with Gasteiger partial charge in [0.25, 0.3) is 0 Å². The Kier molecular flexibility index (Phi) is 8.89. The monoisotopic (exact) mass is 487 g/mol. The van der Waals surface area contributed by atoms with E-state index in [2.05, 4.69) is 5.32 Å². The molecule has 0 heterocycles. The summed E-state index contributed by atoms with van der Waals surface area (Å²) in [5.41, 5.74) is 2.66. The maximum atomic E-state index is 13.7. The lowest BCUT2D eigenvalue weighted by atomic mass is 10.1. The number of rotatable bonds is 9. The van der Waals surface area contributed by atoms with Crippen molar-refractivity contribution < 1.29 is 18.0 Å². The third kappa shape index (κ3) is 7.58. The molecule has 0 spiro atoms. The molecule has 1 N–H and O–H groups in total. The number of carbonyl (C=O) groups is 2. The van der Waals surface area contributed by atoms with E-state index < -0.39 is 34.1 Å². The molecule has 0 saturated carbocycles. The smallest absolute Gasteiger partial charge is 0.244 e. The van der Waals surface area contributed by atoms with Crippen LogP contribution >= 0.6 is 0 Å². The number of benzene rings is 2. The standard InChI is InChI=1S/C26H37N3O4S/c1-8-22(25(31)27-26(4,5)6)28(17-21-15-13-19(2)14-16-21)24(30)18-29(34(7,32)33)23-12-10-9-11-20(23)3/h9-16,22H,8,17-18H2,1-7H3,(H,27,31)/t22-/m0/s1. The molecule has 34 heavy (non-hydrogen) atoms. The van der Waals surface area contributed by atoms with E-state index in [0.29, 0.717) is 12.1 Å². The highest BCUT2D eigenvalue weighted by Gasteiger charge is 2.33. The molecular weight excluding hydrogens is 450 g/mol. The van der Waals surface area contributed by atoms with Gasteiger partial charge >= 0.3 is 0 Å². The predicted octanol–water partition coefficient (Wildman–Crippen LogP) is 3.79. The normalized spacial score (nSPS) is 12.7. The Bertz CT molecular complexity index is 1110. The quantitative estimate of drug-likeness (QED) is 0.583. The molecule has 0 radical (unpaired) electrons. The minimum absolute atomic E-state index is 0.195. The molecule has 8 heteroatoms. The Balaban J connectivity index is 2.46. The van der Waals surface area contributed by atoms with Crippen molar-refractivity contribution in [3.63, 3.8) is 0 Å². The summed E-state index contributed by atoms with van der Waals surface area (Å²) in [5, 5.41) is 2.96. The summed E-state index contributed by atoms with van der Waals surface area (Å²) in [6.07, 6.45) is 1.48. The van der Waals surface area contributed by atoms with Crippen molar-refractivity contribution in [1.29, 1.82) is 0 Å². The van der Waals surface area contributed by atoms with Crippen molar-refractivity contribution in [1.82, 2.24) is 10.2 Å². The van der Waals surface area contributed by atoms with Crippen LogP contribution in [0, 0.1) is 13.8 Å². The van der Waals surface area contributed by atoms with Gasteiger partial charge < -0.3 is 10.2 Å². The maximum absolute atomic E-state index is 13.7. The summed E-state index contributed by atoms with van der Waals surface area (Å²) >= 11 is 0. The van der Waals surface area contributed by atoms with E-state index >= 15 is 0 Å². The lowest BCUT2D eigenvalue weighted by Crippen LogP contribution is -2.55. The summed E-state index contributed by atoms with van der Waals surface area (Å²) in [6.45, 7) is 11.1. The summed E-state index contributed by atoms with van der Waals surface area (Å²) in [7, 11) is -3.74. The van der Waals surface area contributed by atoms with Crippen LogP contribution in [-0.2, 0) is 26.2 Å². The zero-order valence-corrected chi connectivity index (χ0v) is 22.1. The molecule has 0 fully saturated rings. The third-order valence-electron chi connectivity index (χ3n) is 5.42. The second-order valence-electron chi connectivity index (χ2n) is 9.73. The Hall–Kier alpha value is -2.87. The fraction of sp³-hybridized carbons (Fsp3) is 0.462. The molecule has 2 amide bonds. The van der Waals surface area contributed by atoms with E-state index in [9.17, 15) is 18.0 Å². The first-order valence-corrected chi connectivity index (χ1v) is 13.3. The molecule has 0 unspecified atom stereocenters. The third-order valence-corrected chi connectivity index (χ3v) is 6.55. The fourth-order valence-corrected chi connectivity index (χ4v) is 4.61. The minimum atomic E-state index is -3.74. The number of hydrogen-bond acceptors (Lipinski definition) is 4. The van der Waals surface area contributed by atoms with Crippen LogP contribution in [0.2, 0.25) is 0 Å². The average Bonchev–Trinajstić information content (AvgIpc) is 2.71. The summed E-state index contributed by atoms with van der Waals surface area (Å²) in [6, 6.07) is 14.0. The Morgan fingerprint density at radius 2 is 1.59 bits per heavy atom. The highest BCUT2D eigenvalue weighted by Crippen LogP contribution is 2.23. The maximum Gasteiger partial charge on any atom is 0.244 e. The summed E-state index contributed by atoms with van der Waals surface area (Å²) in [4.78, 5) is 28.3. The van der Waals surface area contributed by atoms with Gasteiger partial charge in [0.15, 0.2) is 0 Å².